The van der Waals surface area contributed by atoms with E-state index in [1.54, 1.807) is 0 Å². The lowest BCUT2D eigenvalue weighted by molar-refractivity contribution is -0.384. The van der Waals surface area contributed by atoms with Crippen LogP contribution in [-0.2, 0) is 10.0 Å². The van der Waals surface area contributed by atoms with Crippen molar-refractivity contribution in [1.82, 2.24) is 4.72 Å². The predicted molar refractivity (Wildman–Crippen MR) is 76.1 cm³/mol. The van der Waals surface area contributed by atoms with Gasteiger partial charge in [-0.3, -0.25) is 10.1 Å². The minimum absolute atomic E-state index is 0.0550. The number of non-ortho nitro benzene ring substituents is 1. The van der Waals surface area contributed by atoms with Crippen LogP contribution >= 0.6 is 0 Å². The number of nitro benzene ring substituents is 1. The molecule has 0 aliphatic heterocycles. The van der Waals surface area contributed by atoms with E-state index in [-0.39, 0.29) is 28.1 Å². The molecule has 2 aliphatic rings. The summed E-state index contributed by atoms with van der Waals surface area (Å²) < 4.78 is 27.0. The summed E-state index contributed by atoms with van der Waals surface area (Å²) in [6, 6.07) is 5.11. The molecule has 114 valence electrons. The van der Waals surface area contributed by atoms with E-state index in [2.05, 4.69) is 4.72 Å². The highest BCUT2D eigenvalue weighted by Gasteiger charge is 2.52. The van der Waals surface area contributed by atoms with Gasteiger partial charge in [-0.2, -0.15) is 0 Å². The standard InChI is InChI=1S/C13H17N3O4S/c14-9-5-13(6-9)7-10(8-13)15-21(19,20)12-3-1-11(2-4-12)16(17)18/h1-4,9-10,15H,5-8,14H2. The maximum Gasteiger partial charge on any atom is 0.269 e. The number of rotatable bonds is 4. The van der Waals surface area contributed by atoms with Gasteiger partial charge in [0.05, 0.1) is 9.82 Å². The van der Waals surface area contributed by atoms with Gasteiger partial charge in [-0.15, -0.1) is 0 Å². The predicted octanol–water partition coefficient (Wildman–Crippen LogP) is 1.14. The highest BCUT2D eigenvalue weighted by atomic mass is 32.2. The maximum absolute atomic E-state index is 12.2. The molecule has 0 atom stereocenters. The van der Waals surface area contributed by atoms with Crippen LogP contribution in [0.4, 0.5) is 5.69 Å². The number of nitrogens with zero attached hydrogens (tertiary/aromatic N) is 1. The van der Waals surface area contributed by atoms with Crippen LogP contribution in [0.1, 0.15) is 25.7 Å². The van der Waals surface area contributed by atoms with E-state index in [1.165, 1.54) is 24.3 Å². The molecule has 3 N–H and O–H groups in total. The van der Waals surface area contributed by atoms with E-state index >= 15 is 0 Å². The van der Waals surface area contributed by atoms with Crippen molar-refractivity contribution in [2.24, 2.45) is 11.1 Å². The number of nitro groups is 1. The zero-order chi connectivity index (χ0) is 15.3. The molecule has 0 radical (unpaired) electrons. The fraction of sp³-hybridized carbons (Fsp3) is 0.538. The minimum Gasteiger partial charge on any atom is -0.328 e. The third-order valence-corrected chi connectivity index (χ3v) is 5.97. The summed E-state index contributed by atoms with van der Waals surface area (Å²) in [5, 5.41) is 10.6. The number of hydrogen-bond donors (Lipinski definition) is 2. The Morgan fingerprint density at radius 3 is 2.24 bits per heavy atom. The molecule has 2 saturated carbocycles. The Morgan fingerprint density at radius 2 is 1.76 bits per heavy atom. The summed E-state index contributed by atoms with van der Waals surface area (Å²) in [4.78, 5) is 10.1. The molecule has 21 heavy (non-hydrogen) atoms. The molecule has 8 heteroatoms. The summed E-state index contributed by atoms with van der Waals surface area (Å²) in [6.07, 6.45) is 3.60. The summed E-state index contributed by atoms with van der Waals surface area (Å²) in [7, 11) is -3.61. The first-order valence-electron chi connectivity index (χ1n) is 6.82. The highest BCUT2D eigenvalue weighted by molar-refractivity contribution is 7.89. The fourth-order valence-electron chi connectivity index (χ4n) is 3.49. The van der Waals surface area contributed by atoms with Crippen LogP contribution in [0, 0.1) is 15.5 Å². The topological polar surface area (TPSA) is 115 Å². The lowest BCUT2D eigenvalue weighted by Crippen LogP contribution is -2.59. The molecule has 0 saturated heterocycles. The second-order valence-electron chi connectivity index (χ2n) is 6.15. The fourth-order valence-corrected chi connectivity index (χ4v) is 4.73. The second-order valence-corrected chi connectivity index (χ2v) is 7.86. The van der Waals surface area contributed by atoms with Crippen molar-refractivity contribution in [2.75, 3.05) is 0 Å². The van der Waals surface area contributed by atoms with Crippen molar-refractivity contribution in [3.8, 4) is 0 Å². The van der Waals surface area contributed by atoms with Crippen molar-refractivity contribution in [2.45, 2.75) is 42.7 Å². The first kappa shape index (κ1) is 14.4. The molecule has 2 aliphatic carbocycles. The van der Waals surface area contributed by atoms with E-state index in [1.807, 2.05) is 0 Å². The molecule has 0 bridgehead atoms. The average molecular weight is 311 g/mol. The molecule has 0 aromatic heterocycles. The molecule has 0 heterocycles. The van der Waals surface area contributed by atoms with Crippen LogP contribution in [0.3, 0.4) is 0 Å². The van der Waals surface area contributed by atoms with E-state index < -0.39 is 14.9 Å². The van der Waals surface area contributed by atoms with Crippen LogP contribution in [0.25, 0.3) is 0 Å². The largest absolute Gasteiger partial charge is 0.328 e. The van der Waals surface area contributed by atoms with Crippen molar-refractivity contribution in [1.29, 1.82) is 0 Å². The van der Waals surface area contributed by atoms with E-state index in [0.29, 0.717) is 0 Å². The van der Waals surface area contributed by atoms with Crippen LogP contribution in [0.15, 0.2) is 29.2 Å². The summed E-state index contributed by atoms with van der Waals surface area (Å²) in [5.74, 6) is 0. The number of benzene rings is 1. The molecule has 7 nitrogen and oxygen atoms in total. The van der Waals surface area contributed by atoms with Crippen LogP contribution in [0.5, 0.6) is 0 Å². The summed E-state index contributed by atoms with van der Waals surface area (Å²) in [5.41, 5.74) is 5.90. The molecular weight excluding hydrogens is 294 g/mol. The molecule has 3 rings (SSSR count). The Morgan fingerprint density at radius 1 is 1.19 bits per heavy atom. The summed E-state index contributed by atoms with van der Waals surface area (Å²) in [6.45, 7) is 0. The van der Waals surface area contributed by atoms with Crippen LogP contribution in [-0.4, -0.2) is 25.4 Å². The Bertz CT molecular complexity index is 657. The van der Waals surface area contributed by atoms with Crippen molar-refractivity contribution in [3.63, 3.8) is 0 Å². The third-order valence-electron chi connectivity index (χ3n) is 4.43. The quantitative estimate of drug-likeness (QED) is 0.639. The SMILES string of the molecule is NC1CC2(C1)CC(NS(=O)(=O)c1ccc([N+](=O)[O-])cc1)C2. The van der Waals surface area contributed by atoms with Crippen molar-refractivity contribution in [3.05, 3.63) is 34.4 Å². The Hall–Kier alpha value is -1.51. The van der Waals surface area contributed by atoms with Crippen molar-refractivity contribution >= 4 is 15.7 Å². The van der Waals surface area contributed by atoms with Gasteiger partial charge in [-0.25, -0.2) is 13.1 Å². The zero-order valence-corrected chi connectivity index (χ0v) is 12.2. The van der Waals surface area contributed by atoms with Gasteiger partial charge in [-0.05, 0) is 43.2 Å². The second kappa shape index (κ2) is 4.75. The smallest absolute Gasteiger partial charge is 0.269 e. The first-order valence-corrected chi connectivity index (χ1v) is 8.30. The lowest BCUT2D eigenvalue weighted by atomic mass is 9.52. The Labute approximate surface area is 122 Å². The molecule has 0 amide bonds. The van der Waals surface area contributed by atoms with Crippen LogP contribution < -0.4 is 10.5 Å². The first-order chi connectivity index (χ1) is 9.80. The zero-order valence-electron chi connectivity index (χ0n) is 11.4. The van der Waals surface area contributed by atoms with Crippen LogP contribution in [0.2, 0.25) is 0 Å². The number of nitrogens with one attached hydrogen (secondary N) is 1. The highest BCUT2D eigenvalue weighted by Crippen LogP contribution is 2.55. The lowest BCUT2D eigenvalue weighted by Gasteiger charge is -2.56. The third kappa shape index (κ3) is 2.66. The van der Waals surface area contributed by atoms with Gasteiger partial charge in [0, 0.05) is 24.2 Å². The summed E-state index contributed by atoms with van der Waals surface area (Å²) >= 11 is 0. The maximum atomic E-state index is 12.2. The van der Waals surface area contributed by atoms with Gasteiger partial charge in [0.1, 0.15) is 0 Å². The molecule has 1 aromatic carbocycles. The normalized spacial score (nSPS) is 31.5. The number of nitrogens with two attached hydrogens (primary N) is 1. The van der Waals surface area contributed by atoms with Gasteiger partial charge in [-0.1, -0.05) is 0 Å². The van der Waals surface area contributed by atoms with Gasteiger partial charge in [0.2, 0.25) is 10.0 Å². The van der Waals surface area contributed by atoms with Gasteiger partial charge in [0.15, 0.2) is 0 Å². The average Bonchev–Trinajstić information content (AvgIpc) is 2.34. The van der Waals surface area contributed by atoms with E-state index in [4.69, 9.17) is 5.73 Å². The molecule has 0 unspecified atom stereocenters. The molecule has 2 fully saturated rings. The van der Waals surface area contributed by atoms with E-state index in [0.717, 1.165) is 25.7 Å². The van der Waals surface area contributed by atoms with Gasteiger partial charge >= 0.3 is 0 Å². The molecular formula is C13H17N3O4S. The molecule has 1 aromatic rings. The van der Waals surface area contributed by atoms with Crippen molar-refractivity contribution < 1.29 is 13.3 Å². The monoisotopic (exact) mass is 311 g/mol. The minimum atomic E-state index is -3.61. The van der Waals surface area contributed by atoms with Gasteiger partial charge < -0.3 is 5.73 Å². The van der Waals surface area contributed by atoms with Gasteiger partial charge in [0.25, 0.3) is 5.69 Å². The Kier molecular flexibility index (Phi) is 3.27. The Balaban J connectivity index is 1.63. The molecule has 1 spiro atoms. The number of hydrogen-bond acceptors (Lipinski definition) is 5. The van der Waals surface area contributed by atoms with E-state index in [9.17, 15) is 18.5 Å². The number of sulfonamides is 1.